The van der Waals surface area contributed by atoms with E-state index in [1.165, 1.54) is 6.08 Å². The van der Waals surface area contributed by atoms with Crippen LogP contribution in [0.5, 0.6) is 0 Å². The minimum Gasteiger partial charge on any atom is -0.460 e. The third-order valence-corrected chi connectivity index (χ3v) is 6.37. The van der Waals surface area contributed by atoms with E-state index in [-0.39, 0.29) is 28.4 Å². The van der Waals surface area contributed by atoms with E-state index in [0.717, 1.165) is 5.75 Å². The Labute approximate surface area is 127 Å². The highest BCUT2D eigenvalue weighted by Crippen LogP contribution is 2.52. The quantitative estimate of drug-likeness (QED) is 0.449. The number of β-lactam (4-membered cyclic amide) rings is 1. The maximum absolute atomic E-state index is 12.1. The summed E-state index contributed by atoms with van der Waals surface area (Å²) in [5, 5.41) is 9.56. The molecule has 2 rings (SSSR count). The van der Waals surface area contributed by atoms with Crippen LogP contribution >= 0.6 is 23.5 Å². The molecule has 3 unspecified atom stereocenters. The molecule has 1 N–H and O–H groups in total. The molecule has 0 radical (unpaired) electrons. The normalized spacial score (nSPS) is 33.4. The maximum atomic E-state index is 12.1. The van der Waals surface area contributed by atoms with Crippen molar-refractivity contribution in [3.05, 3.63) is 12.7 Å². The number of amides is 1. The Bertz CT molecular complexity index is 415. The van der Waals surface area contributed by atoms with Gasteiger partial charge in [0.25, 0.3) is 0 Å². The second-order valence-electron chi connectivity index (χ2n) is 4.73. The van der Waals surface area contributed by atoms with Gasteiger partial charge in [-0.3, -0.25) is 4.79 Å². The molecule has 0 aromatic carbocycles. The minimum atomic E-state index is -0.688. The van der Waals surface area contributed by atoms with Crippen molar-refractivity contribution in [3.63, 3.8) is 0 Å². The molecule has 0 aromatic rings. The first kappa shape index (κ1) is 15.7. The number of aliphatic hydroxyl groups is 1. The summed E-state index contributed by atoms with van der Waals surface area (Å²) in [6.45, 7) is 7.29. The van der Waals surface area contributed by atoms with E-state index in [4.69, 9.17) is 4.74 Å². The number of nitrogens with zero attached hydrogens (tertiary/aromatic N) is 1. The smallest absolute Gasteiger partial charge is 0.331 e. The standard InChI is InChI=1S/C13H19NO4S2/c1-4-6-18-12(17)9-13(19-5-2)20-11-8(7(3)15)10(16)14(9)11/h4,7-9,11,13,15H,1,5-6H2,2-3H3/t7?,8-,9?,11+,13?/m0/s1. The number of esters is 1. The first-order chi connectivity index (χ1) is 9.52. The van der Waals surface area contributed by atoms with Crippen molar-refractivity contribution in [2.75, 3.05) is 12.4 Å². The highest BCUT2D eigenvalue weighted by molar-refractivity contribution is 8.17. The van der Waals surface area contributed by atoms with Crippen molar-refractivity contribution < 1.29 is 19.4 Å². The summed E-state index contributed by atoms with van der Waals surface area (Å²) in [6.07, 6.45) is 0.821. The molecule has 2 saturated heterocycles. The van der Waals surface area contributed by atoms with Crippen molar-refractivity contribution in [3.8, 4) is 0 Å². The zero-order valence-electron chi connectivity index (χ0n) is 11.5. The molecular formula is C13H19NO4S2. The molecule has 1 amide bonds. The Morgan fingerprint density at radius 2 is 2.40 bits per heavy atom. The summed E-state index contributed by atoms with van der Waals surface area (Å²) >= 11 is 3.21. The van der Waals surface area contributed by atoms with Crippen molar-refractivity contribution >= 4 is 35.4 Å². The second kappa shape index (κ2) is 6.41. The molecule has 5 atom stereocenters. The fourth-order valence-corrected chi connectivity index (χ4v) is 5.85. The van der Waals surface area contributed by atoms with Gasteiger partial charge < -0.3 is 14.7 Å². The molecule has 20 heavy (non-hydrogen) atoms. The number of carbonyl (C=O) groups is 2. The Morgan fingerprint density at radius 3 is 2.95 bits per heavy atom. The van der Waals surface area contributed by atoms with Gasteiger partial charge in [-0.05, 0) is 12.7 Å². The lowest BCUT2D eigenvalue weighted by atomic mass is 9.91. The van der Waals surface area contributed by atoms with Gasteiger partial charge in [0.1, 0.15) is 6.61 Å². The SMILES string of the molecule is C=CCOC(=O)C1C(SCC)S[C@@H]2[C@@H](C(C)O)C(=O)N12. The average Bonchev–Trinajstić information content (AvgIpc) is 2.70. The van der Waals surface area contributed by atoms with Crippen LogP contribution in [0.15, 0.2) is 12.7 Å². The van der Waals surface area contributed by atoms with Crippen LogP contribution in [0.3, 0.4) is 0 Å². The monoisotopic (exact) mass is 317 g/mol. The maximum Gasteiger partial charge on any atom is 0.331 e. The van der Waals surface area contributed by atoms with E-state index in [9.17, 15) is 14.7 Å². The van der Waals surface area contributed by atoms with Crippen molar-refractivity contribution in [2.45, 2.75) is 35.9 Å². The molecule has 0 aliphatic carbocycles. The van der Waals surface area contributed by atoms with E-state index in [1.807, 2.05) is 6.92 Å². The van der Waals surface area contributed by atoms with Gasteiger partial charge in [0.2, 0.25) is 5.91 Å². The van der Waals surface area contributed by atoms with E-state index in [2.05, 4.69) is 6.58 Å². The molecule has 0 saturated carbocycles. The summed E-state index contributed by atoms with van der Waals surface area (Å²) in [4.78, 5) is 25.9. The lowest BCUT2D eigenvalue weighted by Gasteiger charge is -2.44. The van der Waals surface area contributed by atoms with Crippen LogP contribution in [0.25, 0.3) is 0 Å². The molecule has 7 heteroatoms. The van der Waals surface area contributed by atoms with Crippen molar-refractivity contribution in [2.24, 2.45) is 5.92 Å². The van der Waals surface area contributed by atoms with E-state index in [1.54, 1.807) is 35.3 Å². The van der Waals surface area contributed by atoms with Gasteiger partial charge in [0, 0.05) is 0 Å². The molecule has 0 aromatic heterocycles. The molecule has 0 bridgehead atoms. The first-order valence-corrected chi connectivity index (χ1v) is 8.56. The van der Waals surface area contributed by atoms with Crippen LogP contribution in [0.1, 0.15) is 13.8 Å². The Morgan fingerprint density at radius 1 is 1.70 bits per heavy atom. The largest absolute Gasteiger partial charge is 0.460 e. The van der Waals surface area contributed by atoms with Crippen molar-refractivity contribution in [1.29, 1.82) is 0 Å². The lowest BCUT2D eigenvalue weighted by molar-refractivity contribution is -0.168. The number of fused-ring (bicyclic) bond motifs is 1. The summed E-state index contributed by atoms with van der Waals surface area (Å²) < 4.78 is 5.08. The average molecular weight is 317 g/mol. The molecule has 5 nitrogen and oxygen atoms in total. The van der Waals surface area contributed by atoms with Crippen LogP contribution in [-0.2, 0) is 14.3 Å². The van der Waals surface area contributed by atoms with Gasteiger partial charge in [-0.25, -0.2) is 4.79 Å². The van der Waals surface area contributed by atoms with Crippen LogP contribution in [0, 0.1) is 5.92 Å². The number of hydrogen-bond donors (Lipinski definition) is 1. The Hall–Kier alpha value is -0.660. The lowest BCUT2D eigenvalue weighted by Crippen LogP contribution is -2.64. The molecule has 2 fully saturated rings. The predicted molar refractivity (Wildman–Crippen MR) is 80.3 cm³/mol. The van der Waals surface area contributed by atoms with Gasteiger partial charge in [-0.15, -0.1) is 23.5 Å². The van der Waals surface area contributed by atoms with E-state index < -0.39 is 18.1 Å². The summed E-state index contributed by atoms with van der Waals surface area (Å²) in [5.41, 5.74) is 0. The number of rotatable bonds is 6. The number of thioether (sulfide) groups is 2. The summed E-state index contributed by atoms with van der Waals surface area (Å²) in [5.74, 6) is -0.0885. The Balaban J connectivity index is 2.14. The highest BCUT2D eigenvalue weighted by atomic mass is 32.2. The van der Waals surface area contributed by atoms with E-state index >= 15 is 0 Å². The van der Waals surface area contributed by atoms with Crippen LogP contribution in [0.4, 0.5) is 0 Å². The second-order valence-corrected chi connectivity index (χ2v) is 7.71. The topological polar surface area (TPSA) is 66.8 Å². The zero-order chi connectivity index (χ0) is 14.9. The zero-order valence-corrected chi connectivity index (χ0v) is 13.2. The summed E-state index contributed by atoms with van der Waals surface area (Å²) in [6, 6.07) is -0.558. The number of aliphatic hydroxyl groups excluding tert-OH is 1. The third kappa shape index (κ3) is 2.58. The van der Waals surface area contributed by atoms with Gasteiger partial charge >= 0.3 is 5.97 Å². The third-order valence-electron chi connectivity index (χ3n) is 3.39. The van der Waals surface area contributed by atoms with E-state index in [0.29, 0.717) is 0 Å². The van der Waals surface area contributed by atoms with Gasteiger partial charge in [-0.2, -0.15) is 0 Å². The van der Waals surface area contributed by atoms with Gasteiger partial charge in [0.05, 0.1) is 22.0 Å². The number of ether oxygens (including phenoxy) is 1. The predicted octanol–water partition coefficient (Wildman–Crippen LogP) is 1.08. The summed E-state index contributed by atoms with van der Waals surface area (Å²) in [7, 11) is 0. The number of hydrogen-bond acceptors (Lipinski definition) is 6. The van der Waals surface area contributed by atoms with Gasteiger partial charge in [-0.1, -0.05) is 19.6 Å². The fraction of sp³-hybridized carbons (Fsp3) is 0.692. The minimum absolute atomic E-state index is 0.0324. The molecule has 2 aliphatic heterocycles. The van der Waals surface area contributed by atoms with Crippen LogP contribution in [0.2, 0.25) is 0 Å². The van der Waals surface area contributed by atoms with Crippen molar-refractivity contribution in [1.82, 2.24) is 4.90 Å². The molecule has 2 heterocycles. The first-order valence-electron chi connectivity index (χ1n) is 6.57. The van der Waals surface area contributed by atoms with Crippen LogP contribution in [-0.4, -0.2) is 56.3 Å². The Kier molecular flexibility index (Phi) is 5.04. The van der Waals surface area contributed by atoms with Gasteiger partial charge in [0.15, 0.2) is 6.04 Å². The molecule has 112 valence electrons. The van der Waals surface area contributed by atoms with Crippen LogP contribution < -0.4 is 0 Å². The highest BCUT2D eigenvalue weighted by Gasteiger charge is 2.62. The fourth-order valence-electron chi connectivity index (χ4n) is 2.49. The molecular weight excluding hydrogens is 298 g/mol. The molecule has 0 spiro atoms. The number of carbonyl (C=O) groups excluding carboxylic acids is 2. The molecule has 2 aliphatic rings.